The Hall–Kier alpha value is -1.86. The number of aromatic nitrogens is 1. The van der Waals surface area contributed by atoms with E-state index in [1.165, 1.54) is 12.8 Å². The highest BCUT2D eigenvalue weighted by molar-refractivity contribution is 5.92. The number of carbonyl (C=O) groups excluding carboxylic acids is 1. The molecule has 3 aliphatic heterocycles. The second-order valence-corrected chi connectivity index (χ2v) is 6.93. The van der Waals surface area contributed by atoms with E-state index in [2.05, 4.69) is 15.2 Å². The van der Waals surface area contributed by atoms with Crippen molar-refractivity contribution in [2.24, 2.45) is 5.92 Å². The van der Waals surface area contributed by atoms with Gasteiger partial charge in [0, 0.05) is 38.3 Å². The van der Waals surface area contributed by atoms with Crippen molar-refractivity contribution < 1.29 is 14.3 Å². The molecule has 0 atom stereocenters. The lowest BCUT2D eigenvalue weighted by Gasteiger charge is -2.34. The van der Waals surface area contributed by atoms with Crippen molar-refractivity contribution in [1.29, 1.82) is 0 Å². The third-order valence-corrected chi connectivity index (χ3v) is 5.29. The van der Waals surface area contributed by atoms with Gasteiger partial charge in [-0.05, 0) is 37.8 Å². The molecule has 0 bridgehead atoms. The van der Waals surface area contributed by atoms with Crippen LogP contribution < -0.4 is 10.2 Å². The van der Waals surface area contributed by atoms with Crippen molar-refractivity contribution in [2.75, 3.05) is 49.6 Å². The van der Waals surface area contributed by atoms with Crippen LogP contribution >= 0.6 is 0 Å². The van der Waals surface area contributed by atoms with Crippen molar-refractivity contribution in [3.8, 4) is 0 Å². The average Bonchev–Trinajstić information content (AvgIpc) is 3.36. The molecular weight excluding hydrogens is 320 g/mol. The zero-order valence-corrected chi connectivity index (χ0v) is 14.5. The summed E-state index contributed by atoms with van der Waals surface area (Å²) in [5, 5.41) is 3.06. The summed E-state index contributed by atoms with van der Waals surface area (Å²) in [6.45, 7) is 4.86. The minimum Gasteiger partial charge on any atom is -0.355 e. The predicted molar refractivity (Wildman–Crippen MR) is 94.7 cm³/mol. The van der Waals surface area contributed by atoms with Crippen LogP contribution in [0.5, 0.6) is 0 Å². The van der Waals surface area contributed by atoms with Crippen LogP contribution in [0.2, 0.25) is 0 Å². The van der Waals surface area contributed by atoms with Gasteiger partial charge in [-0.2, -0.15) is 0 Å². The van der Waals surface area contributed by atoms with Crippen LogP contribution in [0.15, 0.2) is 18.3 Å². The van der Waals surface area contributed by atoms with E-state index >= 15 is 0 Å². The van der Waals surface area contributed by atoms with E-state index in [1.807, 2.05) is 17.0 Å². The first-order valence-electron chi connectivity index (χ1n) is 9.30. The topological polar surface area (TPSA) is 66.9 Å². The molecule has 0 radical (unpaired) electrons. The summed E-state index contributed by atoms with van der Waals surface area (Å²) >= 11 is 0. The molecule has 25 heavy (non-hydrogen) atoms. The molecule has 0 aromatic carbocycles. The van der Waals surface area contributed by atoms with E-state index in [0.29, 0.717) is 19.1 Å². The van der Waals surface area contributed by atoms with Gasteiger partial charge in [0.05, 0.1) is 18.9 Å². The number of ether oxygens (including phenoxy) is 2. The summed E-state index contributed by atoms with van der Waals surface area (Å²) in [5.41, 5.74) is 0.805. The Morgan fingerprint density at radius 2 is 1.84 bits per heavy atom. The molecule has 2 amide bonds. The number of carbonyl (C=O) groups is 1. The zero-order valence-electron chi connectivity index (χ0n) is 14.5. The Balaban J connectivity index is 1.35. The number of piperidine rings is 1. The van der Waals surface area contributed by atoms with Crippen molar-refractivity contribution >= 4 is 17.5 Å². The van der Waals surface area contributed by atoms with E-state index in [4.69, 9.17) is 9.47 Å². The van der Waals surface area contributed by atoms with Gasteiger partial charge in [0.25, 0.3) is 0 Å². The molecular formula is C18H26N4O3. The number of anilines is 2. The third kappa shape index (κ3) is 3.72. The molecule has 4 rings (SSSR count). The third-order valence-electron chi connectivity index (χ3n) is 5.29. The van der Waals surface area contributed by atoms with Gasteiger partial charge in [0.15, 0.2) is 12.1 Å². The van der Waals surface area contributed by atoms with Gasteiger partial charge in [0.1, 0.15) is 0 Å². The smallest absolute Gasteiger partial charge is 0.321 e. The second-order valence-electron chi connectivity index (χ2n) is 6.93. The first-order chi connectivity index (χ1) is 12.3. The molecule has 7 heteroatoms. The predicted octanol–water partition coefficient (Wildman–Crippen LogP) is 2.30. The zero-order chi connectivity index (χ0) is 17.1. The number of nitrogens with zero attached hydrogens (tertiary/aromatic N) is 3. The lowest BCUT2D eigenvalue weighted by molar-refractivity contribution is -0.0950. The molecule has 7 nitrogen and oxygen atoms in total. The number of rotatable bonds is 3. The van der Waals surface area contributed by atoms with Gasteiger partial charge in [-0.3, -0.25) is 0 Å². The summed E-state index contributed by atoms with van der Waals surface area (Å²) in [5.74, 6) is 1.28. The van der Waals surface area contributed by atoms with Gasteiger partial charge in [0.2, 0.25) is 0 Å². The molecule has 4 heterocycles. The van der Waals surface area contributed by atoms with Crippen LogP contribution in [0.3, 0.4) is 0 Å². The average molecular weight is 346 g/mol. The number of likely N-dealkylation sites (tertiary alicyclic amines) is 1. The van der Waals surface area contributed by atoms with Gasteiger partial charge in [-0.15, -0.1) is 0 Å². The maximum atomic E-state index is 12.7. The van der Waals surface area contributed by atoms with Crippen molar-refractivity contribution in [3.05, 3.63) is 18.3 Å². The Labute approximate surface area is 148 Å². The summed E-state index contributed by atoms with van der Waals surface area (Å²) in [7, 11) is 0. The Kier molecular flexibility index (Phi) is 5.03. The Morgan fingerprint density at radius 1 is 1.12 bits per heavy atom. The highest BCUT2D eigenvalue weighted by Crippen LogP contribution is 2.28. The van der Waals surface area contributed by atoms with E-state index in [1.54, 1.807) is 6.20 Å². The number of hydrogen-bond donors (Lipinski definition) is 1. The SMILES string of the molecule is O=C(Nc1cccnc1N1CCCC1)N1CCC(C2OCCO2)CC1. The molecule has 0 saturated carbocycles. The van der Waals surface area contributed by atoms with Crippen LogP contribution in [0, 0.1) is 5.92 Å². The van der Waals surface area contributed by atoms with Gasteiger partial charge in [-0.25, -0.2) is 9.78 Å². The first kappa shape index (κ1) is 16.6. The highest BCUT2D eigenvalue weighted by atomic mass is 16.7. The summed E-state index contributed by atoms with van der Waals surface area (Å²) < 4.78 is 11.2. The van der Waals surface area contributed by atoms with Crippen molar-refractivity contribution in [1.82, 2.24) is 9.88 Å². The molecule has 0 unspecified atom stereocenters. The van der Waals surface area contributed by atoms with Crippen LogP contribution in [-0.2, 0) is 9.47 Å². The second kappa shape index (κ2) is 7.58. The molecule has 1 aromatic heterocycles. The minimum atomic E-state index is -0.0784. The number of urea groups is 1. The van der Waals surface area contributed by atoms with Crippen LogP contribution in [0.4, 0.5) is 16.3 Å². The van der Waals surface area contributed by atoms with E-state index < -0.39 is 0 Å². The maximum absolute atomic E-state index is 12.7. The monoisotopic (exact) mass is 346 g/mol. The lowest BCUT2D eigenvalue weighted by atomic mass is 9.96. The highest BCUT2D eigenvalue weighted by Gasteiger charge is 2.32. The summed E-state index contributed by atoms with van der Waals surface area (Å²) in [6, 6.07) is 3.77. The Bertz CT molecular complexity index is 592. The van der Waals surface area contributed by atoms with E-state index in [-0.39, 0.29) is 12.3 Å². The summed E-state index contributed by atoms with van der Waals surface area (Å²) in [6.07, 6.45) is 5.92. The molecule has 3 saturated heterocycles. The van der Waals surface area contributed by atoms with Crippen LogP contribution in [0.25, 0.3) is 0 Å². The maximum Gasteiger partial charge on any atom is 0.321 e. The molecule has 1 N–H and O–H groups in total. The Morgan fingerprint density at radius 3 is 2.56 bits per heavy atom. The fourth-order valence-electron chi connectivity index (χ4n) is 3.89. The normalized spacial score (nSPS) is 22.6. The van der Waals surface area contributed by atoms with Gasteiger partial charge < -0.3 is 24.6 Å². The molecule has 3 aliphatic rings. The summed E-state index contributed by atoms with van der Waals surface area (Å²) in [4.78, 5) is 21.3. The number of nitrogens with one attached hydrogen (secondary N) is 1. The van der Waals surface area contributed by atoms with Gasteiger partial charge >= 0.3 is 6.03 Å². The van der Waals surface area contributed by atoms with Crippen LogP contribution in [-0.4, -0.2) is 61.6 Å². The van der Waals surface area contributed by atoms with E-state index in [0.717, 1.165) is 50.5 Å². The number of amides is 2. The van der Waals surface area contributed by atoms with Crippen LogP contribution in [0.1, 0.15) is 25.7 Å². The minimum absolute atomic E-state index is 0.0415. The fourth-order valence-corrected chi connectivity index (χ4v) is 3.89. The lowest BCUT2D eigenvalue weighted by Crippen LogP contribution is -2.43. The molecule has 0 spiro atoms. The number of pyridine rings is 1. The van der Waals surface area contributed by atoms with E-state index in [9.17, 15) is 4.79 Å². The molecule has 1 aromatic rings. The molecule has 136 valence electrons. The fraction of sp³-hybridized carbons (Fsp3) is 0.667. The van der Waals surface area contributed by atoms with Crippen molar-refractivity contribution in [3.63, 3.8) is 0 Å². The van der Waals surface area contributed by atoms with Gasteiger partial charge in [-0.1, -0.05) is 0 Å². The standard InChI is InChI=1S/C18H26N4O3/c23-18(22-10-5-14(6-11-22)17-24-12-13-25-17)20-15-4-3-7-19-16(15)21-8-1-2-9-21/h3-4,7,14,17H,1-2,5-6,8-13H2,(H,20,23). The molecule has 3 fully saturated rings. The first-order valence-corrected chi connectivity index (χ1v) is 9.30. The van der Waals surface area contributed by atoms with Crippen molar-refractivity contribution in [2.45, 2.75) is 32.0 Å². The quantitative estimate of drug-likeness (QED) is 0.910. The molecule has 0 aliphatic carbocycles. The largest absolute Gasteiger partial charge is 0.355 e. The number of hydrogen-bond acceptors (Lipinski definition) is 5.